The molecule has 8 nitrogen and oxygen atoms in total. The fourth-order valence-corrected chi connectivity index (χ4v) is 4.81. The highest BCUT2D eigenvalue weighted by atomic mass is 19.4. The monoisotopic (exact) mass is 477 g/mol. The summed E-state index contributed by atoms with van der Waals surface area (Å²) in [7, 11) is 3.73. The first kappa shape index (κ1) is 24.2. The standard InChI is InChI=1S/C23H30F3N7O/c1-12(2)20-22(34)31-19-13(3)29-17(30-21(19)33(20)5)7-6-14-8-15(9-14)32(4)18-11-27-16(10-28-18)23(24,25)26/h10-12,14-15,20H,6-9H2,1-5H3,(H,31,34)/t14?,15?,20-/m0/s1. The zero-order valence-electron chi connectivity index (χ0n) is 20.0. The molecule has 1 fully saturated rings. The topological polar surface area (TPSA) is 87.1 Å². The molecule has 0 spiro atoms. The lowest BCUT2D eigenvalue weighted by Crippen LogP contribution is -2.49. The molecular formula is C23H30F3N7O. The number of hydrogen-bond acceptors (Lipinski definition) is 7. The summed E-state index contributed by atoms with van der Waals surface area (Å²) in [6.45, 7) is 5.91. The van der Waals surface area contributed by atoms with Gasteiger partial charge in [0.05, 0.1) is 18.1 Å². The average molecular weight is 478 g/mol. The van der Waals surface area contributed by atoms with Gasteiger partial charge in [-0.1, -0.05) is 13.8 Å². The maximum atomic E-state index is 12.7. The van der Waals surface area contributed by atoms with E-state index >= 15 is 0 Å². The van der Waals surface area contributed by atoms with Crippen LogP contribution in [0.5, 0.6) is 0 Å². The molecule has 1 N–H and O–H groups in total. The predicted octanol–water partition coefficient (Wildman–Crippen LogP) is 3.85. The zero-order valence-corrected chi connectivity index (χ0v) is 20.0. The second kappa shape index (κ2) is 8.99. The summed E-state index contributed by atoms with van der Waals surface area (Å²) in [5.41, 5.74) is 0.451. The molecule has 1 atom stereocenters. The summed E-state index contributed by atoms with van der Waals surface area (Å²) in [6.07, 6.45) is 0.969. The van der Waals surface area contributed by atoms with E-state index in [1.54, 1.807) is 0 Å². The second-order valence-electron chi connectivity index (χ2n) is 9.61. The normalized spacial score (nSPS) is 22.3. The lowest BCUT2D eigenvalue weighted by molar-refractivity contribution is -0.141. The number of hydrogen-bond donors (Lipinski definition) is 1. The number of carbonyl (C=O) groups is 1. The molecule has 11 heteroatoms. The molecule has 0 aromatic carbocycles. The third kappa shape index (κ3) is 4.65. The average Bonchev–Trinajstić information content (AvgIpc) is 2.72. The molecule has 0 bridgehead atoms. The summed E-state index contributed by atoms with van der Waals surface area (Å²) in [4.78, 5) is 33.1. The lowest BCUT2D eigenvalue weighted by atomic mass is 9.77. The van der Waals surface area contributed by atoms with Gasteiger partial charge in [0.2, 0.25) is 5.91 Å². The van der Waals surface area contributed by atoms with Crippen LogP contribution in [-0.4, -0.2) is 52.0 Å². The van der Waals surface area contributed by atoms with Crippen molar-refractivity contribution in [3.05, 3.63) is 29.6 Å². The van der Waals surface area contributed by atoms with Crippen LogP contribution in [0.4, 0.5) is 30.5 Å². The number of aryl methyl sites for hydroxylation is 2. The minimum absolute atomic E-state index is 0.0354. The Bertz CT molecular complexity index is 1050. The summed E-state index contributed by atoms with van der Waals surface area (Å²) >= 11 is 0. The number of nitrogens with zero attached hydrogens (tertiary/aromatic N) is 6. The second-order valence-corrected chi connectivity index (χ2v) is 9.61. The number of rotatable bonds is 6. The Morgan fingerprint density at radius 2 is 1.91 bits per heavy atom. The van der Waals surface area contributed by atoms with Crippen molar-refractivity contribution in [3.8, 4) is 0 Å². The van der Waals surface area contributed by atoms with E-state index in [0.29, 0.717) is 17.4 Å². The van der Waals surface area contributed by atoms with Gasteiger partial charge in [-0.2, -0.15) is 13.2 Å². The smallest absolute Gasteiger partial charge is 0.355 e. The van der Waals surface area contributed by atoms with Gasteiger partial charge in [0.25, 0.3) is 0 Å². The predicted molar refractivity (Wildman–Crippen MR) is 123 cm³/mol. The van der Waals surface area contributed by atoms with Gasteiger partial charge in [0.1, 0.15) is 23.4 Å². The van der Waals surface area contributed by atoms with Crippen LogP contribution in [0.2, 0.25) is 0 Å². The molecule has 2 aromatic rings. The Morgan fingerprint density at radius 3 is 2.50 bits per heavy atom. The molecule has 1 saturated carbocycles. The summed E-state index contributed by atoms with van der Waals surface area (Å²) in [5.74, 6) is 2.55. The van der Waals surface area contributed by atoms with Gasteiger partial charge >= 0.3 is 6.18 Å². The quantitative estimate of drug-likeness (QED) is 0.676. The van der Waals surface area contributed by atoms with Crippen molar-refractivity contribution in [2.45, 2.75) is 64.7 Å². The van der Waals surface area contributed by atoms with Crippen molar-refractivity contribution in [2.75, 3.05) is 29.2 Å². The van der Waals surface area contributed by atoms with Crippen LogP contribution >= 0.6 is 0 Å². The maximum absolute atomic E-state index is 12.7. The van der Waals surface area contributed by atoms with Crippen LogP contribution in [-0.2, 0) is 17.4 Å². The van der Waals surface area contributed by atoms with E-state index in [-0.39, 0.29) is 23.9 Å². The van der Waals surface area contributed by atoms with E-state index in [1.165, 1.54) is 6.20 Å². The highest BCUT2D eigenvalue weighted by molar-refractivity contribution is 6.03. The van der Waals surface area contributed by atoms with Crippen LogP contribution in [0, 0.1) is 18.8 Å². The minimum atomic E-state index is -4.49. The van der Waals surface area contributed by atoms with Crippen molar-refractivity contribution < 1.29 is 18.0 Å². The van der Waals surface area contributed by atoms with E-state index in [1.807, 2.05) is 44.7 Å². The highest BCUT2D eigenvalue weighted by Gasteiger charge is 2.37. The number of nitrogens with one attached hydrogen (secondary N) is 1. The molecule has 3 heterocycles. The van der Waals surface area contributed by atoms with E-state index in [2.05, 4.69) is 20.3 Å². The van der Waals surface area contributed by atoms with Crippen LogP contribution in [0.3, 0.4) is 0 Å². The number of fused-ring (bicyclic) bond motifs is 1. The number of anilines is 3. The van der Waals surface area contributed by atoms with Gasteiger partial charge < -0.3 is 15.1 Å². The first-order valence-electron chi connectivity index (χ1n) is 11.5. The molecule has 0 saturated heterocycles. The van der Waals surface area contributed by atoms with Crippen LogP contribution < -0.4 is 15.1 Å². The Kier molecular flexibility index (Phi) is 6.39. The van der Waals surface area contributed by atoms with E-state index in [9.17, 15) is 18.0 Å². The zero-order chi connectivity index (χ0) is 24.8. The summed E-state index contributed by atoms with van der Waals surface area (Å²) in [6, 6.07) is -0.0544. The third-order valence-electron chi connectivity index (χ3n) is 6.84. The Labute approximate surface area is 197 Å². The lowest BCUT2D eigenvalue weighted by Gasteiger charge is -2.41. The molecule has 34 heavy (non-hydrogen) atoms. The van der Waals surface area contributed by atoms with E-state index in [0.717, 1.165) is 49.2 Å². The molecule has 1 aliphatic heterocycles. The molecule has 1 aliphatic carbocycles. The number of aromatic nitrogens is 4. The Morgan fingerprint density at radius 1 is 1.21 bits per heavy atom. The molecule has 0 unspecified atom stereocenters. The number of amides is 1. The molecule has 2 aliphatic rings. The Balaban J connectivity index is 1.34. The fraction of sp³-hybridized carbons (Fsp3) is 0.609. The van der Waals surface area contributed by atoms with Crippen molar-refractivity contribution in [2.24, 2.45) is 11.8 Å². The molecule has 184 valence electrons. The molecule has 1 amide bonds. The number of likely N-dealkylation sites (N-methyl/N-ethyl adjacent to an activating group) is 1. The SMILES string of the molecule is Cc1nc(CCC2CC(N(C)c3cnc(C(F)(F)F)cn3)C2)nc2c1NC(=O)[C@H](C(C)C)N2C. The fourth-order valence-electron chi connectivity index (χ4n) is 4.81. The van der Waals surface area contributed by atoms with Gasteiger partial charge in [-0.05, 0) is 38.0 Å². The van der Waals surface area contributed by atoms with Crippen LogP contribution in [0.15, 0.2) is 12.4 Å². The minimum Gasteiger partial charge on any atom is -0.355 e. The Hall–Kier alpha value is -2.98. The van der Waals surface area contributed by atoms with Crippen molar-refractivity contribution >= 4 is 23.2 Å². The first-order chi connectivity index (χ1) is 16.0. The van der Waals surface area contributed by atoms with Gasteiger partial charge in [-0.15, -0.1) is 0 Å². The summed E-state index contributed by atoms with van der Waals surface area (Å²) in [5, 5.41) is 2.97. The highest BCUT2D eigenvalue weighted by Crippen LogP contribution is 2.37. The van der Waals surface area contributed by atoms with Gasteiger partial charge in [0, 0.05) is 26.6 Å². The van der Waals surface area contributed by atoms with Crippen LogP contribution in [0.25, 0.3) is 0 Å². The van der Waals surface area contributed by atoms with Gasteiger partial charge in [-0.3, -0.25) is 4.79 Å². The number of halogens is 3. The molecular weight excluding hydrogens is 447 g/mol. The van der Waals surface area contributed by atoms with Crippen molar-refractivity contribution in [1.29, 1.82) is 0 Å². The molecule has 0 radical (unpaired) electrons. The van der Waals surface area contributed by atoms with Crippen molar-refractivity contribution in [1.82, 2.24) is 19.9 Å². The third-order valence-corrected chi connectivity index (χ3v) is 6.84. The van der Waals surface area contributed by atoms with Gasteiger partial charge in [-0.25, -0.2) is 19.9 Å². The van der Waals surface area contributed by atoms with Gasteiger partial charge in [0.15, 0.2) is 11.5 Å². The molecule has 2 aromatic heterocycles. The number of carbonyl (C=O) groups excluding carboxylic acids is 1. The summed E-state index contributed by atoms with van der Waals surface area (Å²) < 4.78 is 38.1. The van der Waals surface area contributed by atoms with E-state index < -0.39 is 11.9 Å². The van der Waals surface area contributed by atoms with Crippen LogP contribution in [0.1, 0.15) is 50.3 Å². The number of alkyl halides is 3. The maximum Gasteiger partial charge on any atom is 0.434 e. The van der Waals surface area contributed by atoms with E-state index in [4.69, 9.17) is 4.98 Å². The largest absolute Gasteiger partial charge is 0.434 e. The van der Waals surface area contributed by atoms with Crippen molar-refractivity contribution in [3.63, 3.8) is 0 Å². The first-order valence-corrected chi connectivity index (χ1v) is 11.5. The molecule has 4 rings (SSSR count).